The highest BCUT2D eigenvalue weighted by atomic mass is 19.4. The van der Waals surface area contributed by atoms with Gasteiger partial charge in [0.05, 0.1) is 5.56 Å². The fourth-order valence-corrected chi connectivity index (χ4v) is 6.45. The van der Waals surface area contributed by atoms with Crippen molar-refractivity contribution in [3.8, 4) is 0 Å². The van der Waals surface area contributed by atoms with Gasteiger partial charge >= 0.3 is 6.18 Å². The Morgan fingerprint density at radius 2 is 2.09 bits per heavy atom. The van der Waals surface area contributed by atoms with Crippen molar-refractivity contribution in [3.63, 3.8) is 0 Å². The molecule has 2 N–H and O–H groups in total. The van der Waals surface area contributed by atoms with E-state index in [-0.39, 0.29) is 11.3 Å². The molecule has 1 aromatic carbocycles. The summed E-state index contributed by atoms with van der Waals surface area (Å²) < 4.78 is 45.5. The molecule has 3 aliphatic rings. The van der Waals surface area contributed by atoms with E-state index in [1.807, 2.05) is 0 Å². The zero-order valence-corrected chi connectivity index (χ0v) is 19.0. The molecule has 8 heteroatoms. The lowest BCUT2D eigenvalue weighted by Crippen LogP contribution is -2.46. The molecular formula is C25H32F3N3O2. The lowest BCUT2D eigenvalue weighted by Gasteiger charge is -2.45. The smallest absolute Gasteiger partial charge is 0.411 e. The molecular weight excluding hydrogens is 431 g/mol. The quantitative estimate of drug-likeness (QED) is 0.361. The van der Waals surface area contributed by atoms with E-state index in [0.717, 1.165) is 73.9 Å². The van der Waals surface area contributed by atoms with Gasteiger partial charge in [-0.15, -0.1) is 5.16 Å². The van der Waals surface area contributed by atoms with E-state index in [2.05, 4.69) is 22.0 Å². The van der Waals surface area contributed by atoms with Gasteiger partial charge in [0.15, 0.2) is 0 Å². The summed E-state index contributed by atoms with van der Waals surface area (Å²) in [5, 5.41) is 13.3. The summed E-state index contributed by atoms with van der Waals surface area (Å²) >= 11 is 0. The zero-order chi connectivity index (χ0) is 23.2. The Balaban J connectivity index is 1.34. The second kappa shape index (κ2) is 8.62. The fraction of sp³-hybridized carbons (Fsp3) is 0.640. The Morgan fingerprint density at radius 3 is 2.82 bits per heavy atom. The molecule has 5 rings (SSSR count). The lowest BCUT2D eigenvalue weighted by atomic mass is 9.68. The molecule has 0 spiro atoms. The third-order valence-electron chi connectivity index (χ3n) is 8.45. The van der Waals surface area contributed by atoms with Crippen LogP contribution in [0.25, 0.3) is 10.9 Å². The normalized spacial score (nSPS) is 28.2. The first-order chi connectivity index (χ1) is 15.8. The second-order valence-electron chi connectivity index (χ2n) is 10.3. The standard InChI is InChI=1S/C25H32F3N3O2/c1-16-20-14-31(9-5-24(15-29-32)6-10-33-11-7-24)8-4-17(20)12-22-23(16)19-13-18(25(26,27)28)2-3-21(19)30-22/h2-3,13,15-17,20,30,32H,4-12,14H2,1H3/b29-15+/t16-,17-,20-/m1/s1. The van der Waals surface area contributed by atoms with Crippen LogP contribution in [0.2, 0.25) is 0 Å². The summed E-state index contributed by atoms with van der Waals surface area (Å²) in [6.45, 7) is 6.49. The van der Waals surface area contributed by atoms with E-state index < -0.39 is 11.7 Å². The van der Waals surface area contributed by atoms with Gasteiger partial charge in [0, 0.05) is 48.0 Å². The number of benzene rings is 1. The van der Waals surface area contributed by atoms with E-state index in [9.17, 15) is 18.4 Å². The summed E-state index contributed by atoms with van der Waals surface area (Å²) in [5.41, 5.74) is 2.31. The predicted octanol–water partition coefficient (Wildman–Crippen LogP) is 5.43. The second-order valence-corrected chi connectivity index (χ2v) is 10.3. The average Bonchev–Trinajstić information content (AvgIpc) is 3.16. The van der Waals surface area contributed by atoms with Gasteiger partial charge in [-0.25, -0.2) is 0 Å². The van der Waals surface area contributed by atoms with E-state index in [0.29, 0.717) is 25.0 Å². The molecule has 2 aromatic rings. The third kappa shape index (κ3) is 4.28. The van der Waals surface area contributed by atoms with Crippen LogP contribution >= 0.6 is 0 Å². The van der Waals surface area contributed by atoms with Crippen LogP contribution in [0.15, 0.2) is 23.4 Å². The number of hydrogen-bond acceptors (Lipinski definition) is 4. The number of ether oxygens (including phenoxy) is 1. The van der Waals surface area contributed by atoms with Crippen LogP contribution in [0.4, 0.5) is 13.2 Å². The number of alkyl halides is 3. The zero-order valence-electron chi connectivity index (χ0n) is 19.0. The summed E-state index contributed by atoms with van der Waals surface area (Å²) in [4.78, 5) is 5.93. The Kier molecular flexibility index (Phi) is 5.93. The number of nitrogens with zero attached hydrogens (tertiary/aromatic N) is 2. The molecule has 2 fully saturated rings. The van der Waals surface area contributed by atoms with E-state index >= 15 is 0 Å². The van der Waals surface area contributed by atoms with Crippen molar-refractivity contribution >= 4 is 17.1 Å². The van der Waals surface area contributed by atoms with Crippen LogP contribution in [-0.2, 0) is 17.3 Å². The van der Waals surface area contributed by atoms with Crippen molar-refractivity contribution in [2.75, 3.05) is 32.8 Å². The highest BCUT2D eigenvalue weighted by molar-refractivity contribution is 5.86. The van der Waals surface area contributed by atoms with Crippen molar-refractivity contribution in [2.24, 2.45) is 22.4 Å². The number of rotatable bonds is 4. The molecule has 33 heavy (non-hydrogen) atoms. The van der Waals surface area contributed by atoms with Crippen LogP contribution in [0.1, 0.15) is 55.3 Å². The van der Waals surface area contributed by atoms with Crippen LogP contribution in [0.5, 0.6) is 0 Å². The number of oxime groups is 1. The lowest BCUT2D eigenvalue weighted by molar-refractivity contribution is -0.137. The molecule has 1 aliphatic carbocycles. The maximum Gasteiger partial charge on any atom is 0.416 e. The summed E-state index contributed by atoms with van der Waals surface area (Å²) in [7, 11) is 0. The Hall–Kier alpha value is -2.06. The molecule has 3 atom stereocenters. The molecule has 2 saturated heterocycles. The average molecular weight is 464 g/mol. The molecule has 0 unspecified atom stereocenters. The number of fused-ring (bicyclic) bond motifs is 4. The van der Waals surface area contributed by atoms with Crippen LogP contribution in [0.3, 0.4) is 0 Å². The van der Waals surface area contributed by atoms with Crippen LogP contribution in [-0.4, -0.2) is 54.2 Å². The van der Waals surface area contributed by atoms with Crippen molar-refractivity contribution < 1.29 is 23.1 Å². The van der Waals surface area contributed by atoms with Gasteiger partial charge in [0.2, 0.25) is 0 Å². The van der Waals surface area contributed by atoms with Crippen LogP contribution < -0.4 is 0 Å². The number of aromatic nitrogens is 1. The first-order valence-corrected chi connectivity index (χ1v) is 12.0. The Bertz CT molecular complexity index is 1030. The topological polar surface area (TPSA) is 60.9 Å². The molecule has 0 saturated carbocycles. The SMILES string of the molecule is C[C@H]1c2c([nH]c3ccc(C(F)(F)F)cc23)C[C@H]2CCN(CCC3(/C=N/O)CCOCC3)C[C@@H]21. The monoisotopic (exact) mass is 463 g/mol. The molecule has 5 nitrogen and oxygen atoms in total. The number of piperidine rings is 1. The Morgan fingerprint density at radius 1 is 1.30 bits per heavy atom. The highest BCUT2D eigenvalue weighted by Crippen LogP contribution is 2.47. The molecule has 3 heterocycles. The fourth-order valence-electron chi connectivity index (χ4n) is 6.45. The number of halogens is 3. The minimum Gasteiger partial charge on any atom is -0.411 e. The number of hydrogen-bond donors (Lipinski definition) is 2. The third-order valence-corrected chi connectivity index (χ3v) is 8.45. The maximum absolute atomic E-state index is 13.3. The minimum absolute atomic E-state index is 0.111. The number of likely N-dealkylation sites (tertiary alicyclic amines) is 1. The van der Waals surface area contributed by atoms with Gasteiger partial charge in [-0.2, -0.15) is 13.2 Å². The molecule has 1 aromatic heterocycles. The van der Waals surface area contributed by atoms with Gasteiger partial charge in [0.1, 0.15) is 0 Å². The molecule has 0 amide bonds. The van der Waals surface area contributed by atoms with Crippen molar-refractivity contribution in [1.29, 1.82) is 0 Å². The van der Waals surface area contributed by atoms with Gasteiger partial charge in [-0.3, -0.25) is 0 Å². The maximum atomic E-state index is 13.3. The summed E-state index contributed by atoms with van der Waals surface area (Å²) in [5.74, 6) is 1.18. The van der Waals surface area contributed by atoms with Gasteiger partial charge in [-0.05, 0) is 86.7 Å². The van der Waals surface area contributed by atoms with E-state index in [4.69, 9.17) is 4.74 Å². The summed E-state index contributed by atoms with van der Waals surface area (Å²) in [6.07, 6.45) is 2.04. The first kappa shape index (κ1) is 22.7. The first-order valence-electron chi connectivity index (χ1n) is 12.0. The summed E-state index contributed by atoms with van der Waals surface area (Å²) in [6, 6.07) is 4.08. The number of aromatic amines is 1. The molecule has 180 valence electrons. The molecule has 2 aliphatic heterocycles. The van der Waals surface area contributed by atoms with Gasteiger partial charge < -0.3 is 19.8 Å². The van der Waals surface area contributed by atoms with Gasteiger partial charge in [-0.1, -0.05) is 6.92 Å². The number of H-pyrrole nitrogens is 1. The van der Waals surface area contributed by atoms with Crippen molar-refractivity contribution in [1.82, 2.24) is 9.88 Å². The van der Waals surface area contributed by atoms with Gasteiger partial charge in [0.25, 0.3) is 0 Å². The van der Waals surface area contributed by atoms with Crippen molar-refractivity contribution in [2.45, 2.75) is 51.1 Å². The highest BCUT2D eigenvalue weighted by Gasteiger charge is 2.41. The largest absolute Gasteiger partial charge is 0.416 e. The van der Waals surface area contributed by atoms with Crippen molar-refractivity contribution in [3.05, 3.63) is 35.0 Å². The molecule has 0 radical (unpaired) electrons. The molecule has 0 bridgehead atoms. The minimum atomic E-state index is -4.33. The number of nitrogens with one attached hydrogen (secondary N) is 1. The Labute approximate surface area is 192 Å². The predicted molar refractivity (Wildman–Crippen MR) is 121 cm³/mol. The van der Waals surface area contributed by atoms with E-state index in [1.54, 1.807) is 12.3 Å². The van der Waals surface area contributed by atoms with Crippen LogP contribution in [0, 0.1) is 17.3 Å². The van der Waals surface area contributed by atoms with E-state index in [1.165, 1.54) is 12.1 Å².